The highest BCUT2D eigenvalue weighted by atomic mass is 19.2. The Kier molecular flexibility index (Phi) is 8.99. The normalized spacial score (nSPS) is 11.4. The summed E-state index contributed by atoms with van der Waals surface area (Å²) in [6, 6.07) is 5.40. The first kappa shape index (κ1) is 24.6. The summed E-state index contributed by atoms with van der Waals surface area (Å²) in [5, 5.41) is 9.33. The van der Waals surface area contributed by atoms with Crippen molar-refractivity contribution in [3.05, 3.63) is 65.2 Å². The smallest absolute Gasteiger partial charge is 0.315 e. The van der Waals surface area contributed by atoms with E-state index in [0.717, 1.165) is 6.07 Å². The van der Waals surface area contributed by atoms with Gasteiger partial charge in [-0.2, -0.15) is 0 Å². The molecular weight excluding hydrogens is 432 g/mol. The standard InChI is InChI=1S/C21H22F4N4O3/c1-2-3-16(29-21(32)27-10-12-4-6-13(22)7-5-12)20(31)26-11-17(30)28-15-9-8-14(23)18(24)19(15)25/h4-9,16H,2-3,10-11H2,1H3,(H,26,31)(H,28,30)(H2,27,29,32). The third kappa shape index (κ3) is 7.25. The number of carbonyl (C=O) groups excluding carboxylic acids is 3. The molecule has 7 nitrogen and oxygen atoms in total. The highest BCUT2D eigenvalue weighted by Gasteiger charge is 2.21. The van der Waals surface area contributed by atoms with E-state index in [0.29, 0.717) is 18.1 Å². The van der Waals surface area contributed by atoms with Crippen molar-refractivity contribution in [3.63, 3.8) is 0 Å². The Morgan fingerprint density at radius 3 is 2.25 bits per heavy atom. The number of halogens is 4. The summed E-state index contributed by atoms with van der Waals surface area (Å²) in [4.78, 5) is 36.3. The van der Waals surface area contributed by atoms with Crippen molar-refractivity contribution >= 4 is 23.5 Å². The molecule has 0 spiro atoms. The molecule has 11 heteroatoms. The molecule has 4 N–H and O–H groups in total. The third-order valence-corrected chi connectivity index (χ3v) is 4.30. The zero-order chi connectivity index (χ0) is 23.7. The summed E-state index contributed by atoms with van der Waals surface area (Å²) in [7, 11) is 0. The number of benzene rings is 2. The molecule has 0 heterocycles. The minimum absolute atomic E-state index is 0.106. The molecule has 0 fully saturated rings. The van der Waals surface area contributed by atoms with Gasteiger partial charge in [0, 0.05) is 6.54 Å². The van der Waals surface area contributed by atoms with Crippen LogP contribution in [0.15, 0.2) is 36.4 Å². The number of hydrogen-bond donors (Lipinski definition) is 4. The molecule has 0 aromatic heterocycles. The Balaban J connectivity index is 1.85. The molecule has 0 aliphatic heterocycles. The first-order valence-electron chi connectivity index (χ1n) is 9.71. The van der Waals surface area contributed by atoms with Crippen molar-refractivity contribution < 1.29 is 31.9 Å². The second-order valence-corrected chi connectivity index (χ2v) is 6.78. The first-order valence-corrected chi connectivity index (χ1v) is 9.71. The predicted octanol–water partition coefficient (Wildman–Crippen LogP) is 2.97. The number of hydrogen-bond acceptors (Lipinski definition) is 3. The Morgan fingerprint density at radius 2 is 1.59 bits per heavy atom. The van der Waals surface area contributed by atoms with E-state index in [1.54, 1.807) is 6.92 Å². The second kappa shape index (κ2) is 11.7. The molecule has 0 aliphatic carbocycles. The summed E-state index contributed by atoms with van der Waals surface area (Å²) in [5.74, 6) is -6.64. The molecule has 2 aromatic rings. The molecule has 0 aliphatic rings. The fourth-order valence-corrected chi connectivity index (χ4v) is 2.66. The van der Waals surface area contributed by atoms with Crippen LogP contribution in [0.2, 0.25) is 0 Å². The van der Waals surface area contributed by atoms with E-state index in [4.69, 9.17) is 0 Å². The van der Waals surface area contributed by atoms with Crippen molar-refractivity contribution in [3.8, 4) is 0 Å². The molecule has 1 unspecified atom stereocenters. The maximum atomic E-state index is 13.6. The van der Waals surface area contributed by atoms with E-state index in [-0.39, 0.29) is 13.0 Å². The van der Waals surface area contributed by atoms with E-state index in [2.05, 4.69) is 16.0 Å². The largest absolute Gasteiger partial charge is 0.345 e. The lowest BCUT2D eigenvalue weighted by atomic mass is 10.1. The quantitative estimate of drug-likeness (QED) is 0.346. The van der Waals surface area contributed by atoms with E-state index >= 15 is 0 Å². The molecule has 0 saturated carbocycles. The first-order chi connectivity index (χ1) is 15.2. The van der Waals surface area contributed by atoms with Crippen LogP contribution >= 0.6 is 0 Å². The lowest BCUT2D eigenvalue weighted by Crippen LogP contribution is -2.50. The summed E-state index contributed by atoms with van der Waals surface area (Å²) >= 11 is 0. The molecule has 172 valence electrons. The second-order valence-electron chi connectivity index (χ2n) is 6.78. The van der Waals surface area contributed by atoms with Gasteiger partial charge in [0.05, 0.1) is 12.2 Å². The molecule has 2 rings (SSSR count). The Hall–Kier alpha value is -3.63. The zero-order valence-electron chi connectivity index (χ0n) is 17.1. The van der Waals surface area contributed by atoms with Crippen LogP contribution < -0.4 is 21.3 Å². The lowest BCUT2D eigenvalue weighted by Gasteiger charge is -2.18. The van der Waals surface area contributed by atoms with Gasteiger partial charge in [-0.1, -0.05) is 25.5 Å². The molecule has 32 heavy (non-hydrogen) atoms. The average molecular weight is 454 g/mol. The Morgan fingerprint density at radius 1 is 0.906 bits per heavy atom. The van der Waals surface area contributed by atoms with E-state index < -0.39 is 59.4 Å². The van der Waals surface area contributed by atoms with Crippen LogP contribution in [0.1, 0.15) is 25.3 Å². The molecule has 0 bridgehead atoms. The van der Waals surface area contributed by atoms with Crippen molar-refractivity contribution in [2.24, 2.45) is 0 Å². The van der Waals surface area contributed by atoms with Gasteiger partial charge < -0.3 is 21.3 Å². The molecule has 1 atom stereocenters. The van der Waals surface area contributed by atoms with Gasteiger partial charge in [0.15, 0.2) is 17.5 Å². The van der Waals surface area contributed by atoms with Crippen molar-refractivity contribution in [1.29, 1.82) is 0 Å². The number of nitrogens with one attached hydrogen (secondary N) is 4. The van der Waals surface area contributed by atoms with Crippen LogP contribution in [0.25, 0.3) is 0 Å². The van der Waals surface area contributed by atoms with Crippen LogP contribution in [0.5, 0.6) is 0 Å². The van der Waals surface area contributed by atoms with Gasteiger partial charge in [0.25, 0.3) is 0 Å². The molecule has 0 radical (unpaired) electrons. The highest BCUT2D eigenvalue weighted by Crippen LogP contribution is 2.19. The summed E-state index contributed by atoms with van der Waals surface area (Å²) in [5.41, 5.74) is 0.0747. The van der Waals surface area contributed by atoms with Crippen LogP contribution in [-0.4, -0.2) is 30.4 Å². The topological polar surface area (TPSA) is 99.3 Å². The minimum atomic E-state index is -1.73. The maximum absolute atomic E-state index is 13.6. The van der Waals surface area contributed by atoms with Crippen LogP contribution in [0.4, 0.5) is 28.0 Å². The Labute approximate surface area is 181 Å². The van der Waals surface area contributed by atoms with Gasteiger partial charge >= 0.3 is 6.03 Å². The van der Waals surface area contributed by atoms with Gasteiger partial charge in [0.2, 0.25) is 11.8 Å². The predicted molar refractivity (Wildman–Crippen MR) is 108 cm³/mol. The van der Waals surface area contributed by atoms with Crippen molar-refractivity contribution in [1.82, 2.24) is 16.0 Å². The minimum Gasteiger partial charge on any atom is -0.345 e. The highest BCUT2D eigenvalue weighted by molar-refractivity contribution is 5.96. The van der Waals surface area contributed by atoms with Gasteiger partial charge in [-0.15, -0.1) is 0 Å². The van der Waals surface area contributed by atoms with Crippen molar-refractivity contribution in [2.75, 3.05) is 11.9 Å². The maximum Gasteiger partial charge on any atom is 0.315 e. The van der Waals surface area contributed by atoms with Crippen LogP contribution in [0, 0.1) is 23.3 Å². The van der Waals surface area contributed by atoms with Gasteiger partial charge in [0.1, 0.15) is 11.9 Å². The van der Waals surface area contributed by atoms with Crippen LogP contribution in [-0.2, 0) is 16.1 Å². The molecular formula is C21H22F4N4O3. The van der Waals surface area contributed by atoms with Gasteiger partial charge in [-0.05, 0) is 36.2 Å². The van der Waals surface area contributed by atoms with E-state index in [1.165, 1.54) is 24.3 Å². The fraction of sp³-hybridized carbons (Fsp3) is 0.286. The SMILES string of the molecule is CCCC(NC(=O)NCc1ccc(F)cc1)C(=O)NCC(=O)Nc1ccc(F)c(F)c1F. The zero-order valence-corrected chi connectivity index (χ0v) is 17.1. The number of amides is 4. The monoisotopic (exact) mass is 454 g/mol. The summed E-state index contributed by atoms with van der Waals surface area (Å²) < 4.78 is 52.7. The van der Waals surface area contributed by atoms with Gasteiger partial charge in [-0.25, -0.2) is 22.4 Å². The number of urea groups is 1. The fourth-order valence-electron chi connectivity index (χ4n) is 2.66. The van der Waals surface area contributed by atoms with Gasteiger partial charge in [-0.3, -0.25) is 9.59 Å². The molecule has 4 amide bonds. The van der Waals surface area contributed by atoms with E-state index in [9.17, 15) is 31.9 Å². The third-order valence-electron chi connectivity index (χ3n) is 4.30. The summed E-state index contributed by atoms with van der Waals surface area (Å²) in [6.07, 6.45) is 0.817. The number of anilines is 1. The molecule has 0 saturated heterocycles. The number of carbonyl (C=O) groups is 3. The van der Waals surface area contributed by atoms with Crippen molar-refractivity contribution in [2.45, 2.75) is 32.4 Å². The molecule has 2 aromatic carbocycles. The lowest BCUT2D eigenvalue weighted by molar-refractivity contribution is -0.125. The van der Waals surface area contributed by atoms with E-state index in [1.807, 2.05) is 5.32 Å². The average Bonchev–Trinajstić information content (AvgIpc) is 2.77. The summed E-state index contributed by atoms with van der Waals surface area (Å²) in [6.45, 7) is 1.31. The Bertz CT molecular complexity index is 970. The van der Waals surface area contributed by atoms with Crippen LogP contribution in [0.3, 0.4) is 0 Å². The number of rotatable bonds is 9.